The van der Waals surface area contributed by atoms with E-state index < -0.39 is 0 Å². The highest BCUT2D eigenvalue weighted by Gasteiger charge is 2.12. The average molecular weight is 349 g/mol. The van der Waals surface area contributed by atoms with Crippen LogP contribution in [0.15, 0.2) is 29.0 Å². The highest BCUT2D eigenvalue weighted by atomic mass is 79.9. The summed E-state index contributed by atoms with van der Waals surface area (Å²) < 4.78 is 0.990. The Morgan fingerprint density at radius 1 is 1.24 bits per heavy atom. The van der Waals surface area contributed by atoms with Crippen molar-refractivity contribution in [1.29, 1.82) is 0 Å². The quantitative estimate of drug-likeness (QED) is 0.886. The molecule has 1 aromatic heterocycles. The molecule has 2 rings (SSSR count). The van der Waals surface area contributed by atoms with Crippen molar-refractivity contribution in [3.63, 3.8) is 0 Å². The fraction of sp³-hybridized carbons (Fsp3) is 0.267. The zero-order valence-corrected chi connectivity index (χ0v) is 13.8. The minimum Gasteiger partial charge on any atom is -0.369 e. The van der Waals surface area contributed by atoms with E-state index in [9.17, 15) is 4.79 Å². The van der Waals surface area contributed by atoms with Gasteiger partial charge in [-0.2, -0.15) is 0 Å². The second-order valence-corrected chi connectivity index (χ2v) is 5.60. The van der Waals surface area contributed by atoms with Crippen LogP contribution in [0, 0.1) is 13.8 Å². The van der Waals surface area contributed by atoms with E-state index >= 15 is 0 Å². The van der Waals surface area contributed by atoms with Crippen LogP contribution in [0.25, 0.3) is 0 Å². The van der Waals surface area contributed by atoms with Crippen LogP contribution < -0.4 is 10.6 Å². The molecule has 0 bridgehead atoms. The third-order valence-corrected chi connectivity index (χ3v) is 3.42. The van der Waals surface area contributed by atoms with Crippen LogP contribution in [0.4, 0.5) is 11.5 Å². The Labute approximate surface area is 132 Å². The largest absolute Gasteiger partial charge is 0.369 e. The van der Waals surface area contributed by atoms with Crippen molar-refractivity contribution >= 4 is 33.3 Å². The minimum absolute atomic E-state index is 0.268. The van der Waals surface area contributed by atoms with Gasteiger partial charge in [0.2, 0.25) is 0 Å². The van der Waals surface area contributed by atoms with Crippen molar-refractivity contribution in [2.24, 2.45) is 0 Å². The van der Waals surface area contributed by atoms with E-state index in [4.69, 9.17) is 0 Å². The predicted molar refractivity (Wildman–Crippen MR) is 87.8 cm³/mol. The maximum atomic E-state index is 12.3. The molecular formula is C15H17BrN4O. The average Bonchev–Trinajstić information content (AvgIpc) is 2.43. The lowest BCUT2D eigenvalue weighted by atomic mass is 10.1. The molecule has 0 spiro atoms. The molecule has 0 saturated carbocycles. The van der Waals surface area contributed by atoms with Crippen LogP contribution in [0.5, 0.6) is 0 Å². The van der Waals surface area contributed by atoms with Crippen LogP contribution in [0.3, 0.4) is 0 Å². The Balaban J connectivity index is 2.24. The Morgan fingerprint density at radius 2 is 1.90 bits per heavy atom. The summed E-state index contributed by atoms with van der Waals surface area (Å²) in [6.07, 6.45) is 3.05. The van der Waals surface area contributed by atoms with Gasteiger partial charge in [-0.3, -0.25) is 9.78 Å². The standard InChI is InChI=1S/C15H17BrN4O/c1-4-18-13-8-17-7-12(19-13)15(21)20-14-9(2)5-11(16)6-10(14)3/h5-8H,4H2,1-3H3,(H,18,19)(H,20,21). The van der Waals surface area contributed by atoms with Crippen LogP contribution in [-0.2, 0) is 0 Å². The molecule has 1 amide bonds. The van der Waals surface area contributed by atoms with Crippen molar-refractivity contribution in [3.05, 3.63) is 45.8 Å². The molecule has 21 heavy (non-hydrogen) atoms. The van der Waals surface area contributed by atoms with Crippen molar-refractivity contribution in [2.75, 3.05) is 17.2 Å². The maximum absolute atomic E-state index is 12.3. The molecule has 0 atom stereocenters. The third kappa shape index (κ3) is 3.78. The van der Waals surface area contributed by atoms with Gasteiger partial charge < -0.3 is 10.6 Å². The summed E-state index contributed by atoms with van der Waals surface area (Å²) in [6.45, 7) is 6.59. The van der Waals surface area contributed by atoms with E-state index in [1.54, 1.807) is 6.20 Å². The Hall–Kier alpha value is -1.95. The monoisotopic (exact) mass is 348 g/mol. The highest BCUT2D eigenvalue weighted by Crippen LogP contribution is 2.25. The van der Waals surface area contributed by atoms with Gasteiger partial charge in [-0.25, -0.2) is 4.98 Å². The van der Waals surface area contributed by atoms with Gasteiger partial charge in [0, 0.05) is 16.7 Å². The van der Waals surface area contributed by atoms with Crippen molar-refractivity contribution < 1.29 is 4.79 Å². The SMILES string of the molecule is CCNc1cncc(C(=O)Nc2c(C)cc(Br)cc2C)n1. The van der Waals surface area contributed by atoms with Gasteiger partial charge in [-0.15, -0.1) is 0 Å². The maximum Gasteiger partial charge on any atom is 0.275 e. The number of carbonyl (C=O) groups excluding carboxylic acids is 1. The molecule has 110 valence electrons. The number of anilines is 2. The van der Waals surface area contributed by atoms with E-state index in [1.807, 2.05) is 32.9 Å². The van der Waals surface area contributed by atoms with Crippen LogP contribution >= 0.6 is 15.9 Å². The molecule has 0 aliphatic heterocycles. The second kappa shape index (κ2) is 6.67. The zero-order valence-electron chi connectivity index (χ0n) is 12.2. The number of amides is 1. The van der Waals surface area contributed by atoms with Crippen LogP contribution in [0.2, 0.25) is 0 Å². The normalized spacial score (nSPS) is 10.3. The molecule has 1 aromatic carbocycles. The molecule has 2 N–H and O–H groups in total. The lowest BCUT2D eigenvalue weighted by Gasteiger charge is -2.12. The number of carbonyl (C=O) groups is 1. The van der Waals surface area contributed by atoms with Gasteiger partial charge in [0.1, 0.15) is 11.5 Å². The fourth-order valence-electron chi connectivity index (χ4n) is 2.03. The number of nitrogens with one attached hydrogen (secondary N) is 2. The molecule has 0 aliphatic rings. The number of rotatable bonds is 4. The van der Waals surface area contributed by atoms with Crippen molar-refractivity contribution in [1.82, 2.24) is 9.97 Å². The van der Waals surface area contributed by atoms with E-state index in [0.717, 1.165) is 27.8 Å². The number of halogens is 1. The fourth-order valence-corrected chi connectivity index (χ4v) is 2.71. The zero-order chi connectivity index (χ0) is 15.4. The molecule has 0 radical (unpaired) electrons. The van der Waals surface area contributed by atoms with Gasteiger partial charge in [-0.05, 0) is 44.0 Å². The molecule has 0 fully saturated rings. The smallest absolute Gasteiger partial charge is 0.275 e. The lowest BCUT2D eigenvalue weighted by Crippen LogP contribution is -2.16. The summed E-state index contributed by atoms with van der Waals surface area (Å²) >= 11 is 3.44. The first kappa shape index (κ1) is 15.4. The molecule has 0 saturated heterocycles. The van der Waals surface area contributed by atoms with Crippen LogP contribution in [0.1, 0.15) is 28.5 Å². The van der Waals surface area contributed by atoms with Crippen molar-refractivity contribution in [2.45, 2.75) is 20.8 Å². The van der Waals surface area contributed by atoms with E-state index in [-0.39, 0.29) is 11.6 Å². The molecule has 5 nitrogen and oxygen atoms in total. The minimum atomic E-state index is -0.268. The van der Waals surface area contributed by atoms with Gasteiger partial charge in [-0.1, -0.05) is 15.9 Å². The number of hydrogen-bond acceptors (Lipinski definition) is 4. The summed E-state index contributed by atoms with van der Waals surface area (Å²) in [5.74, 6) is 0.324. The summed E-state index contributed by atoms with van der Waals surface area (Å²) in [7, 11) is 0. The molecule has 6 heteroatoms. The van der Waals surface area contributed by atoms with Crippen molar-refractivity contribution in [3.8, 4) is 0 Å². The molecule has 2 aromatic rings. The first-order valence-electron chi connectivity index (χ1n) is 6.65. The summed E-state index contributed by atoms with van der Waals surface area (Å²) in [4.78, 5) is 20.6. The summed E-state index contributed by atoms with van der Waals surface area (Å²) in [5.41, 5.74) is 3.08. The summed E-state index contributed by atoms with van der Waals surface area (Å²) in [5, 5.41) is 5.94. The van der Waals surface area contributed by atoms with Gasteiger partial charge in [0.05, 0.1) is 12.4 Å². The molecule has 1 heterocycles. The number of nitrogens with zero attached hydrogens (tertiary/aromatic N) is 2. The summed E-state index contributed by atoms with van der Waals surface area (Å²) in [6, 6.07) is 3.92. The number of hydrogen-bond donors (Lipinski definition) is 2. The lowest BCUT2D eigenvalue weighted by molar-refractivity contribution is 0.102. The second-order valence-electron chi connectivity index (χ2n) is 4.69. The highest BCUT2D eigenvalue weighted by molar-refractivity contribution is 9.10. The van der Waals surface area contributed by atoms with Gasteiger partial charge >= 0.3 is 0 Å². The molecular weight excluding hydrogens is 332 g/mol. The Bertz CT molecular complexity index is 649. The number of benzene rings is 1. The van der Waals surface area contributed by atoms with Gasteiger partial charge in [0.25, 0.3) is 5.91 Å². The first-order chi connectivity index (χ1) is 10.0. The Kier molecular flexibility index (Phi) is 4.90. The molecule has 0 aliphatic carbocycles. The predicted octanol–water partition coefficient (Wildman–Crippen LogP) is 3.54. The van der Waals surface area contributed by atoms with E-state index in [1.165, 1.54) is 6.20 Å². The Morgan fingerprint density at radius 3 is 2.52 bits per heavy atom. The van der Waals surface area contributed by atoms with Crippen LogP contribution in [-0.4, -0.2) is 22.4 Å². The number of aryl methyl sites for hydroxylation is 2. The van der Waals surface area contributed by atoms with E-state index in [0.29, 0.717) is 5.82 Å². The first-order valence-corrected chi connectivity index (χ1v) is 7.44. The molecule has 0 unspecified atom stereocenters. The topological polar surface area (TPSA) is 66.9 Å². The van der Waals surface area contributed by atoms with Gasteiger partial charge in [0.15, 0.2) is 0 Å². The third-order valence-electron chi connectivity index (χ3n) is 2.96. The van der Waals surface area contributed by atoms with E-state index in [2.05, 4.69) is 36.5 Å². The number of aromatic nitrogens is 2.